The lowest BCUT2D eigenvalue weighted by Crippen LogP contribution is -2.14. The van der Waals surface area contributed by atoms with E-state index in [0.29, 0.717) is 17.7 Å². The highest BCUT2D eigenvalue weighted by molar-refractivity contribution is 8.18. The third kappa shape index (κ3) is 5.79. The topological polar surface area (TPSA) is 80.1 Å². The predicted molar refractivity (Wildman–Crippen MR) is 107 cm³/mol. The van der Waals surface area contributed by atoms with Crippen LogP contribution in [0.3, 0.4) is 0 Å². The number of nitrogens with one attached hydrogen (secondary N) is 1. The molecule has 0 saturated carbocycles. The lowest BCUT2D eigenvalue weighted by molar-refractivity contribution is -0.143. The van der Waals surface area contributed by atoms with Gasteiger partial charge in [0.2, 0.25) is 0 Å². The number of halogens is 6. The summed E-state index contributed by atoms with van der Waals surface area (Å²) in [5.41, 5.74) is -1.13. The Kier molecular flexibility index (Phi) is 6.93. The zero-order valence-corrected chi connectivity index (χ0v) is 17.4. The number of hydroxylamine groups is 1. The first-order valence-electron chi connectivity index (χ1n) is 8.93. The number of thioether (sulfide) groups is 1. The number of aliphatic imine (C=N–C) groups is 1. The zero-order chi connectivity index (χ0) is 24.4. The molecule has 0 bridgehead atoms. The van der Waals surface area contributed by atoms with Crippen molar-refractivity contribution in [2.45, 2.75) is 19.0 Å². The number of hydrogen-bond acceptors (Lipinski definition) is 6. The van der Waals surface area contributed by atoms with Crippen molar-refractivity contribution in [3.05, 3.63) is 63.6 Å². The van der Waals surface area contributed by atoms with Crippen LogP contribution < -0.4 is 15.0 Å². The molecule has 13 heteroatoms. The Morgan fingerprint density at radius 3 is 2.36 bits per heavy atom. The number of carbonyl (C=O) groups excluding carboxylic acids is 1. The van der Waals surface area contributed by atoms with E-state index in [1.165, 1.54) is 31.4 Å². The van der Waals surface area contributed by atoms with Gasteiger partial charge < -0.3 is 9.47 Å². The van der Waals surface area contributed by atoms with Crippen LogP contribution in [0.4, 0.5) is 26.3 Å². The Labute approximate surface area is 186 Å². The summed E-state index contributed by atoms with van der Waals surface area (Å²) in [7, 11) is 1.28. The standard InChI is InChI=1S/C20H14F6N2O4S/c1-31-15-6-10(7-16-17(29)27-18(28-30)33-16)2-5-14(15)32-9-11-3-4-12(19(21,22)23)8-13(11)20(24,25)26/h2-8,30H,9H2,1H3,(H,27,28,29)/b16-7+. The Hall–Kier alpha value is -3.19. The van der Waals surface area contributed by atoms with E-state index in [1.807, 2.05) is 0 Å². The first kappa shape index (κ1) is 24.5. The largest absolute Gasteiger partial charge is 0.493 e. The minimum Gasteiger partial charge on any atom is -0.493 e. The van der Waals surface area contributed by atoms with E-state index in [1.54, 1.807) is 5.48 Å². The van der Waals surface area contributed by atoms with Gasteiger partial charge in [-0.3, -0.25) is 10.0 Å². The molecule has 0 aromatic heterocycles. The molecule has 1 aliphatic rings. The molecule has 0 aliphatic carbocycles. The van der Waals surface area contributed by atoms with Gasteiger partial charge in [-0.2, -0.15) is 31.3 Å². The first-order chi connectivity index (χ1) is 15.4. The van der Waals surface area contributed by atoms with Crippen LogP contribution in [0.1, 0.15) is 22.3 Å². The molecular formula is C20H14F6N2O4S. The molecule has 3 rings (SSSR count). The molecule has 0 atom stereocenters. The number of hydrogen-bond donors (Lipinski definition) is 2. The van der Waals surface area contributed by atoms with E-state index in [2.05, 4.69) is 4.99 Å². The number of nitrogens with zero attached hydrogens (tertiary/aromatic N) is 1. The van der Waals surface area contributed by atoms with Crippen molar-refractivity contribution in [1.29, 1.82) is 0 Å². The fraction of sp³-hybridized carbons (Fsp3) is 0.200. The fourth-order valence-electron chi connectivity index (χ4n) is 2.80. The van der Waals surface area contributed by atoms with Crippen LogP contribution in [-0.4, -0.2) is 23.4 Å². The molecule has 1 aliphatic heterocycles. The molecule has 2 N–H and O–H groups in total. The normalized spacial score (nSPS) is 15.6. The summed E-state index contributed by atoms with van der Waals surface area (Å²) in [6.07, 6.45) is -8.49. The minimum atomic E-state index is -5.02. The lowest BCUT2D eigenvalue weighted by atomic mass is 10.0. The Morgan fingerprint density at radius 2 is 1.79 bits per heavy atom. The van der Waals surface area contributed by atoms with Crippen LogP contribution in [0.15, 0.2) is 46.3 Å². The SMILES string of the molecule is COc1cc(/C=C2/SC(NO)=NC2=O)ccc1OCc1ccc(C(F)(F)F)cc1C(F)(F)F. The monoisotopic (exact) mass is 492 g/mol. The van der Waals surface area contributed by atoms with Crippen LogP contribution in [-0.2, 0) is 23.8 Å². The Balaban J connectivity index is 1.83. The number of rotatable bonds is 5. The zero-order valence-electron chi connectivity index (χ0n) is 16.5. The number of alkyl halides is 6. The molecule has 0 radical (unpaired) electrons. The third-order valence-corrected chi connectivity index (χ3v) is 5.22. The van der Waals surface area contributed by atoms with Gasteiger partial charge in [-0.15, -0.1) is 0 Å². The average molecular weight is 492 g/mol. The number of benzene rings is 2. The number of ether oxygens (including phenoxy) is 2. The van der Waals surface area contributed by atoms with Crippen molar-refractivity contribution in [2.24, 2.45) is 4.99 Å². The van der Waals surface area contributed by atoms with Gasteiger partial charge in [0.05, 0.1) is 23.1 Å². The van der Waals surface area contributed by atoms with E-state index in [0.717, 1.165) is 11.8 Å². The highest BCUT2D eigenvalue weighted by atomic mass is 32.2. The van der Waals surface area contributed by atoms with E-state index >= 15 is 0 Å². The van der Waals surface area contributed by atoms with Gasteiger partial charge in [0.25, 0.3) is 5.91 Å². The summed E-state index contributed by atoms with van der Waals surface area (Å²) < 4.78 is 88.9. The van der Waals surface area contributed by atoms with Gasteiger partial charge in [-0.25, -0.2) is 5.48 Å². The van der Waals surface area contributed by atoms with Crippen LogP contribution in [0.25, 0.3) is 6.08 Å². The molecule has 6 nitrogen and oxygen atoms in total. The van der Waals surface area contributed by atoms with Gasteiger partial charge in [-0.1, -0.05) is 12.1 Å². The van der Waals surface area contributed by atoms with Gasteiger partial charge in [0, 0.05) is 5.56 Å². The van der Waals surface area contributed by atoms with Crippen LogP contribution in [0.2, 0.25) is 0 Å². The molecule has 0 spiro atoms. The second-order valence-corrected chi connectivity index (χ2v) is 7.54. The van der Waals surface area contributed by atoms with Crippen molar-refractivity contribution < 1.29 is 45.8 Å². The molecule has 2 aromatic carbocycles. The Bertz CT molecular complexity index is 1130. The van der Waals surface area contributed by atoms with Crippen molar-refractivity contribution in [1.82, 2.24) is 5.48 Å². The van der Waals surface area contributed by atoms with Crippen molar-refractivity contribution in [3.63, 3.8) is 0 Å². The van der Waals surface area contributed by atoms with Crippen molar-refractivity contribution in [2.75, 3.05) is 7.11 Å². The van der Waals surface area contributed by atoms with Crippen LogP contribution >= 0.6 is 11.8 Å². The highest BCUT2D eigenvalue weighted by Gasteiger charge is 2.38. The second kappa shape index (κ2) is 9.35. The molecule has 1 heterocycles. The summed E-state index contributed by atoms with van der Waals surface area (Å²) in [6.45, 7) is -0.669. The molecule has 0 unspecified atom stereocenters. The maximum Gasteiger partial charge on any atom is 0.416 e. The lowest BCUT2D eigenvalue weighted by Gasteiger charge is -2.17. The van der Waals surface area contributed by atoms with Crippen molar-refractivity contribution >= 4 is 28.9 Å². The summed E-state index contributed by atoms with van der Waals surface area (Å²) in [4.78, 5) is 15.5. The third-order valence-electron chi connectivity index (χ3n) is 4.33. The van der Waals surface area contributed by atoms with Gasteiger partial charge >= 0.3 is 12.4 Å². The van der Waals surface area contributed by atoms with Crippen molar-refractivity contribution in [3.8, 4) is 11.5 Å². The summed E-state index contributed by atoms with van der Waals surface area (Å²) in [5.74, 6) is -0.438. The molecule has 2 aromatic rings. The minimum absolute atomic E-state index is 0.00446. The van der Waals surface area contributed by atoms with Gasteiger partial charge in [-0.05, 0) is 47.7 Å². The first-order valence-corrected chi connectivity index (χ1v) is 9.75. The predicted octanol–water partition coefficient (Wildman–Crippen LogP) is 5.26. The van der Waals surface area contributed by atoms with E-state index in [-0.39, 0.29) is 27.6 Å². The number of amides is 1. The molecular weight excluding hydrogens is 478 g/mol. The second-order valence-electron chi connectivity index (χ2n) is 6.51. The summed E-state index contributed by atoms with van der Waals surface area (Å²) >= 11 is 0.887. The quantitative estimate of drug-likeness (QED) is 0.337. The van der Waals surface area contributed by atoms with E-state index in [9.17, 15) is 31.1 Å². The van der Waals surface area contributed by atoms with E-state index in [4.69, 9.17) is 14.7 Å². The maximum atomic E-state index is 13.3. The Morgan fingerprint density at radius 1 is 1.06 bits per heavy atom. The smallest absolute Gasteiger partial charge is 0.416 e. The average Bonchev–Trinajstić information content (AvgIpc) is 3.10. The molecule has 176 valence electrons. The summed E-state index contributed by atoms with van der Waals surface area (Å²) in [5, 5.41) is 8.82. The molecule has 1 amide bonds. The number of carbonyl (C=O) groups is 1. The molecule has 0 saturated heterocycles. The van der Waals surface area contributed by atoms with E-state index < -0.39 is 41.6 Å². The summed E-state index contributed by atoms with van der Waals surface area (Å²) in [6, 6.07) is 5.61. The maximum absolute atomic E-state index is 13.3. The molecule has 0 fully saturated rings. The van der Waals surface area contributed by atoms with Gasteiger partial charge in [0.15, 0.2) is 16.7 Å². The van der Waals surface area contributed by atoms with Crippen LogP contribution in [0, 0.1) is 0 Å². The molecule has 33 heavy (non-hydrogen) atoms. The van der Waals surface area contributed by atoms with Gasteiger partial charge in [0.1, 0.15) is 6.61 Å². The fourth-order valence-corrected chi connectivity index (χ4v) is 3.51. The van der Waals surface area contributed by atoms with Crippen LogP contribution in [0.5, 0.6) is 11.5 Å². The number of amidine groups is 1. The highest BCUT2D eigenvalue weighted by Crippen LogP contribution is 2.38. The number of methoxy groups -OCH3 is 1.